The van der Waals surface area contributed by atoms with Gasteiger partial charge in [-0.1, -0.05) is 34.5 Å². The molecular weight excluding hydrogens is 296 g/mol. The van der Waals surface area contributed by atoms with Crippen LogP contribution in [0, 0.1) is 11.3 Å². The van der Waals surface area contributed by atoms with Gasteiger partial charge >= 0.3 is 5.97 Å². The molecule has 96 valence electrons. The molecule has 0 saturated heterocycles. The smallest absolute Gasteiger partial charge is 0.310 e. The van der Waals surface area contributed by atoms with E-state index in [1.54, 1.807) is 31.2 Å². The normalized spacial score (nSPS) is 27.1. The molecule has 1 aromatic rings. The minimum Gasteiger partial charge on any atom is -0.481 e. The predicted molar refractivity (Wildman–Crippen MR) is 71.6 cm³/mol. The SMILES string of the molecule is C[C@@]1(C(=O)O)CCCC1C(=O)c1ccc(Br)cc1. The zero-order chi connectivity index (χ0) is 13.3. The highest BCUT2D eigenvalue weighted by molar-refractivity contribution is 9.10. The van der Waals surface area contributed by atoms with Gasteiger partial charge in [-0.25, -0.2) is 0 Å². The standard InChI is InChI=1S/C14H15BrO3/c1-14(13(17)18)8-2-3-11(14)12(16)9-4-6-10(15)7-5-9/h4-7,11H,2-3,8H2,1H3,(H,17,18)/t11?,14-/m1/s1. The summed E-state index contributed by atoms with van der Waals surface area (Å²) >= 11 is 3.32. The van der Waals surface area contributed by atoms with Crippen molar-refractivity contribution in [1.82, 2.24) is 0 Å². The number of carbonyl (C=O) groups excluding carboxylic acids is 1. The number of rotatable bonds is 3. The fourth-order valence-corrected chi connectivity index (χ4v) is 2.92. The highest BCUT2D eigenvalue weighted by atomic mass is 79.9. The van der Waals surface area contributed by atoms with Gasteiger partial charge in [-0.05, 0) is 31.9 Å². The summed E-state index contributed by atoms with van der Waals surface area (Å²) in [5.41, 5.74) is -0.318. The monoisotopic (exact) mass is 310 g/mol. The number of halogens is 1. The van der Waals surface area contributed by atoms with Crippen LogP contribution in [-0.4, -0.2) is 16.9 Å². The first-order valence-electron chi connectivity index (χ1n) is 5.98. The molecule has 0 radical (unpaired) electrons. The van der Waals surface area contributed by atoms with E-state index in [0.717, 1.165) is 10.9 Å². The molecule has 1 aliphatic rings. The van der Waals surface area contributed by atoms with Crippen LogP contribution in [0.15, 0.2) is 28.7 Å². The summed E-state index contributed by atoms with van der Waals surface area (Å²) in [6.07, 6.45) is 2.04. The Balaban J connectivity index is 2.28. The van der Waals surface area contributed by atoms with Gasteiger partial charge in [-0.3, -0.25) is 9.59 Å². The predicted octanol–water partition coefficient (Wildman–Crippen LogP) is 3.52. The van der Waals surface area contributed by atoms with E-state index in [0.29, 0.717) is 18.4 Å². The minimum absolute atomic E-state index is 0.0510. The van der Waals surface area contributed by atoms with Gasteiger partial charge in [-0.2, -0.15) is 0 Å². The van der Waals surface area contributed by atoms with Gasteiger partial charge in [0.1, 0.15) is 0 Å². The van der Waals surface area contributed by atoms with Gasteiger partial charge in [0, 0.05) is 16.0 Å². The third-order valence-corrected chi connectivity index (χ3v) is 4.42. The topological polar surface area (TPSA) is 54.4 Å². The van der Waals surface area contributed by atoms with Crippen LogP contribution in [0.25, 0.3) is 0 Å². The van der Waals surface area contributed by atoms with Crippen LogP contribution >= 0.6 is 15.9 Å². The maximum atomic E-state index is 12.4. The molecule has 1 N–H and O–H groups in total. The Morgan fingerprint density at radius 3 is 2.50 bits per heavy atom. The first kappa shape index (κ1) is 13.3. The lowest BCUT2D eigenvalue weighted by Crippen LogP contribution is -2.36. The third-order valence-electron chi connectivity index (χ3n) is 3.89. The second kappa shape index (κ2) is 4.84. The molecule has 1 fully saturated rings. The Labute approximate surface area is 114 Å². The highest BCUT2D eigenvalue weighted by Gasteiger charge is 2.48. The molecule has 2 atom stereocenters. The first-order chi connectivity index (χ1) is 8.45. The van der Waals surface area contributed by atoms with Crippen molar-refractivity contribution in [1.29, 1.82) is 0 Å². The van der Waals surface area contributed by atoms with Gasteiger partial charge in [-0.15, -0.1) is 0 Å². The van der Waals surface area contributed by atoms with Gasteiger partial charge in [0.05, 0.1) is 5.41 Å². The zero-order valence-electron chi connectivity index (χ0n) is 10.1. The van der Waals surface area contributed by atoms with Crippen LogP contribution in [-0.2, 0) is 4.79 Å². The van der Waals surface area contributed by atoms with Crippen molar-refractivity contribution in [3.05, 3.63) is 34.3 Å². The summed E-state index contributed by atoms with van der Waals surface area (Å²) in [5, 5.41) is 9.32. The number of hydrogen-bond acceptors (Lipinski definition) is 2. The summed E-state index contributed by atoms with van der Waals surface area (Å²) in [4.78, 5) is 23.8. The first-order valence-corrected chi connectivity index (χ1v) is 6.77. The van der Waals surface area contributed by atoms with E-state index in [2.05, 4.69) is 15.9 Å². The van der Waals surface area contributed by atoms with E-state index in [1.165, 1.54) is 0 Å². The lowest BCUT2D eigenvalue weighted by Gasteiger charge is -2.25. The number of carboxylic acids is 1. The van der Waals surface area contributed by atoms with E-state index >= 15 is 0 Å². The van der Waals surface area contributed by atoms with E-state index in [-0.39, 0.29) is 5.78 Å². The maximum absolute atomic E-state index is 12.4. The van der Waals surface area contributed by atoms with E-state index in [4.69, 9.17) is 0 Å². The van der Waals surface area contributed by atoms with Crippen molar-refractivity contribution in [2.24, 2.45) is 11.3 Å². The largest absolute Gasteiger partial charge is 0.481 e. The molecule has 3 nitrogen and oxygen atoms in total. The Morgan fingerprint density at radius 2 is 1.94 bits per heavy atom. The molecule has 0 heterocycles. The summed E-state index contributed by atoms with van der Waals surface area (Å²) in [7, 11) is 0. The fraction of sp³-hybridized carbons (Fsp3) is 0.429. The molecule has 1 aromatic carbocycles. The number of carbonyl (C=O) groups is 2. The Kier molecular flexibility index (Phi) is 3.57. The molecule has 0 aliphatic heterocycles. The molecule has 0 amide bonds. The molecule has 2 rings (SSSR count). The average molecular weight is 311 g/mol. The lowest BCUT2D eigenvalue weighted by atomic mass is 9.76. The Hall–Kier alpha value is -1.16. The summed E-state index contributed by atoms with van der Waals surface area (Å²) < 4.78 is 0.909. The van der Waals surface area contributed by atoms with Crippen LogP contribution in [0.2, 0.25) is 0 Å². The molecule has 1 unspecified atom stereocenters. The van der Waals surface area contributed by atoms with Crippen molar-refractivity contribution >= 4 is 27.7 Å². The molecule has 4 heteroatoms. The second-order valence-corrected chi connectivity index (χ2v) is 5.95. The highest BCUT2D eigenvalue weighted by Crippen LogP contribution is 2.44. The van der Waals surface area contributed by atoms with Gasteiger partial charge in [0.25, 0.3) is 0 Å². The molecule has 1 saturated carbocycles. The van der Waals surface area contributed by atoms with Crippen molar-refractivity contribution < 1.29 is 14.7 Å². The summed E-state index contributed by atoms with van der Waals surface area (Å²) in [6.45, 7) is 1.68. The molecular formula is C14H15BrO3. The van der Waals surface area contributed by atoms with Crippen LogP contribution in [0.5, 0.6) is 0 Å². The number of ketones is 1. The Morgan fingerprint density at radius 1 is 1.33 bits per heavy atom. The summed E-state index contributed by atoms with van der Waals surface area (Å²) in [5.74, 6) is -1.32. The van der Waals surface area contributed by atoms with Crippen molar-refractivity contribution in [3.63, 3.8) is 0 Å². The van der Waals surface area contributed by atoms with E-state index < -0.39 is 17.3 Å². The number of aliphatic carboxylic acids is 1. The molecule has 0 bridgehead atoms. The van der Waals surface area contributed by atoms with Gasteiger partial charge < -0.3 is 5.11 Å². The molecule has 0 spiro atoms. The van der Waals surface area contributed by atoms with Crippen molar-refractivity contribution in [3.8, 4) is 0 Å². The number of Topliss-reactive ketones (excluding diaryl/α,β-unsaturated/α-hetero) is 1. The number of benzene rings is 1. The molecule has 18 heavy (non-hydrogen) atoms. The third kappa shape index (κ3) is 2.21. The van der Waals surface area contributed by atoms with Crippen LogP contribution in [0.3, 0.4) is 0 Å². The second-order valence-electron chi connectivity index (χ2n) is 5.04. The fourth-order valence-electron chi connectivity index (χ4n) is 2.66. The Bertz CT molecular complexity index is 480. The van der Waals surface area contributed by atoms with Gasteiger partial charge in [0.2, 0.25) is 0 Å². The minimum atomic E-state index is -0.913. The van der Waals surface area contributed by atoms with E-state index in [1.807, 2.05) is 0 Å². The van der Waals surface area contributed by atoms with Crippen LogP contribution in [0.1, 0.15) is 36.5 Å². The van der Waals surface area contributed by atoms with Gasteiger partial charge in [0.15, 0.2) is 5.78 Å². The summed E-state index contributed by atoms with van der Waals surface area (Å²) in [6, 6.07) is 7.10. The maximum Gasteiger partial charge on any atom is 0.310 e. The molecule has 0 aromatic heterocycles. The quantitative estimate of drug-likeness (QED) is 0.869. The van der Waals surface area contributed by atoms with E-state index in [9.17, 15) is 14.7 Å². The van der Waals surface area contributed by atoms with Crippen LogP contribution in [0.4, 0.5) is 0 Å². The number of carboxylic acid groups (broad SMARTS) is 1. The zero-order valence-corrected chi connectivity index (χ0v) is 11.7. The average Bonchev–Trinajstić information content (AvgIpc) is 2.73. The lowest BCUT2D eigenvalue weighted by molar-refractivity contribution is -0.149. The van der Waals surface area contributed by atoms with Crippen molar-refractivity contribution in [2.75, 3.05) is 0 Å². The molecule has 1 aliphatic carbocycles. The van der Waals surface area contributed by atoms with Crippen LogP contribution < -0.4 is 0 Å². The van der Waals surface area contributed by atoms with Crippen molar-refractivity contribution in [2.45, 2.75) is 26.2 Å². The number of hydrogen-bond donors (Lipinski definition) is 1.